The molecular formula is C105H78N4. The molecule has 4 aliphatic carbocycles. The van der Waals surface area contributed by atoms with Crippen molar-refractivity contribution in [2.24, 2.45) is 0 Å². The zero-order valence-electron chi connectivity index (χ0n) is 61.6. The SMILES string of the molecule is CC1(C)C2=C(C=C(c3cccc(C4=CC(c5cccc(-c6ccccc6)c5)CC(c5ccccc5)=C4)c3)CC2)c2cc3c4cc5c(cc4n(-c4nc(-c6ccccc6)nc(-c6ccccc6)n4)c3cc21)C(C)(C)c1ccc(-c2cccc(-c3cc(-c4ccccc4)cc(-c4cccc(-c6ccccc6)c4)c3)c2)cc1-5. The molecule has 0 bridgehead atoms. The number of aromatic nitrogens is 4. The molecule has 1 unspecified atom stereocenters. The van der Waals surface area contributed by atoms with Gasteiger partial charge in [0.2, 0.25) is 5.95 Å². The van der Waals surface area contributed by atoms with Crippen LogP contribution in [-0.2, 0) is 10.8 Å². The molecule has 518 valence electrons. The van der Waals surface area contributed by atoms with Gasteiger partial charge in [0.1, 0.15) is 0 Å². The second kappa shape index (κ2) is 26.4. The lowest BCUT2D eigenvalue weighted by Crippen LogP contribution is -2.18. The van der Waals surface area contributed by atoms with E-state index in [1.807, 2.05) is 12.1 Å². The number of fused-ring (bicyclic) bond motifs is 8. The van der Waals surface area contributed by atoms with Crippen LogP contribution in [0.5, 0.6) is 0 Å². The van der Waals surface area contributed by atoms with Gasteiger partial charge in [-0.1, -0.05) is 324 Å². The van der Waals surface area contributed by atoms with E-state index in [0.29, 0.717) is 17.6 Å². The number of hydrogen-bond acceptors (Lipinski definition) is 3. The van der Waals surface area contributed by atoms with Gasteiger partial charge in [0, 0.05) is 38.6 Å². The van der Waals surface area contributed by atoms with Crippen LogP contribution in [0, 0.1) is 0 Å². The van der Waals surface area contributed by atoms with Crippen molar-refractivity contribution >= 4 is 44.1 Å². The highest BCUT2D eigenvalue weighted by molar-refractivity contribution is 6.14. The van der Waals surface area contributed by atoms with Gasteiger partial charge in [-0.3, -0.25) is 4.57 Å². The zero-order valence-corrected chi connectivity index (χ0v) is 61.6. The lowest BCUT2D eigenvalue weighted by Gasteiger charge is -2.27. The molecule has 0 saturated heterocycles. The second-order valence-electron chi connectivity index (χ2n) is 31.0. The molecule has 1 atom stereocenters. The Morgan fingerprint density at radius 1 is 0.294 bits per heavy atom. The smallest absolute Gasteiger partial charge is 0.238 e. The monoisotopic (exact) mass is 1390 g/mol. The average Bonchev–Trinajstić information content (AvgIpc) is 1.53. The molecule has 2 heterocycles. The summed E-state index contributed by atoms with van der Waals surface area (Å²) in [4.78, 5) is 16.3. The Morgan fingerprint density at radius 3 is 1.28 bits per heavy atom. The first kappa shape index (κ1) is 65.4. The molecule has 14 aromatic carbocycles. The standard InChI is InChI=1S/C105H78N4/c1-104(2)95-49-47-81(75-41-25-45-79(53-75)87-57-83(69-31-15-7-16-32-69)55-85(59-87)77-43-23-39-73(51-77)67-27-11-5-12-28-67)61-89(95)91-63-93-94-64-92-90-62-82(76-42-26-46-80(54-76)88-58-84(70-33-17-8-18-34-70)56-86(60-88)78-44-24-40-74(52-78)68-29-13-6-14-30-68)48-50-96(90)105(3,4)98(92)66-100(94)109(99(93)65-97(91)104)103-107-101(71-35-19-9-20-36-71)106-102(108-103)72-37-21-10-22-38-72/h5-47,49,51-55,57-66,86H,48,50,56H2,1-4H3. The molecule has 0 N–H and O–H groups in total. The van der Waals surface area contributed by atoms with E-state index in [1.165, 1.54) is 156 Å². The zero-order chi connectivity index (χ0) is 72.9. The van der Waals surface area contributed by atoms with Crippen molar-refractivity contribution in [1.82, 2.24) is 19.5 Å². The summed E-state index contributed by atoms with van der Waals surface area (Å²) in [6, 6.07) is 125. The topological polar surface area (TPSA) is 43.6 Å². The van der Waals surface area contributed by atoms with Crippen molar-refractivity contribution in [2.75, 3.05) is 0 Å². The second-order valence-corrected chi connectivity index (χ2v) is 31.0. The molecule has 0 spiro atoms. The summed E-state index contributed by atoms with van der Waals surface area (Å²) in [5.74, 6) is 2.05. The van der Waals surface area contributed by atoms with Gasteiger partial charge in [-0.25, -0.2) is 4.98 Å². The Bertz CT molecular complexity index is 6390. The minimum atomic E-state index is -0.343. The summed E-state index contributed by atoms with van der Waals surface area (Å²) in [6.45, 7) is 9.69. The Labute approximate surface area is 637 Å². The lowest BCUT2D eigenvalue weighted by molar-refractivity contribution is 0.609. The number of rotatable bonds is 13. The Kier molecular flexibility index (Phi) is 15.8. The highest BCUT2D eigenvalue weighted by Crippen LogP contribution is 2.57. The van der Waals surface area contributed by atoms with Gasteiger partial charge in [-0.15, -0.1) is 0 Å². The molecular weight excluding hydrogens is 1320 g/mol. The average molecular weight is 1400 g/mol. The lowest BCUT2D eigenvalue weighted by atomic mass is 9.77. The van der Waals surface area contributed by atoms with Crippen LogP contribution in [0.2, 0.25) is 0 Å². The molecule has 20 rings (SSSR count). The summed E-state index contributed by atoms with van der Waals surface area (Å²) in [7, 11) is 0. The molecule has 0 fully saturated rings. The van der Waals surface area contributed by atoms with E-state index < -0.39 is 0 Å². The maximum Gasteiger partial charge on any atom is 0.238 e. The predicted octanol–water partition coefficient (Wildman–Crippen LogP) is 27.2. The fourth-order valence-corrected chi connectivity index (χ4v) is 18.0. The normalized spacial score (nSPS) is 15.2. The first-order valence-corrected chi connectivity index (χ1v) is 38.3. The Hall–Kier alpha value is -13.2. The molecule has 4 heteroatoms. The van der Waals surface area contributed by atoms with E-state index in [-0.39, 0.29) is 16.7 Å². The van der Waals surface area contributed by atoms with E-state index in [0.717, 1.165) is 46.8 Å². The van der Waals surface area contributed by atoms with Gasteiger partial charge in [0.05, 0.1) is 11.0 Å². The first-order valence-electron chi connectivity index (χ1n) is 38.3. The van der Waals surface area contributed by atoms with Crippen molar-refractivity contribution in [2.45, 2.75) is 63.7 Å². The molecule has 4 nitrogen and oxygen atoms in total. The predicted molar refractivity (Wildman–Crippen MR) is 455 cm³/mol. The van der Waals surface area contributed by atoms with Gasteiger partial charge < -0.3 is 0 Å². The van der Waals surface area contributed by atoms with Gasteiger partial charge >= 0.3 is 0 Å². The van der Waals surface area contributed by atoms with E-state index in [9.17, 15) is 0 Å². The highest BCUT2D eigenvalue weighted by atomic mass is 15.2. The molecule has 109 heavy (non-hydrogen) atoms. The van der Waals surface area contributed by atoms with Crippen LogP contribution in [0.1, 0.15) is 97.4 Å². The quantitative estimate of drug-likeness (QED) is 0.116. The van der Waals surface area contributed by atoms with Gasteiger partial charge in [-0.2, -0.15) is 9.97 Å². The van der Waals surface area contributed by atoms with Crippen LogP contribution < -0.4 is 0 Å². The molecule has 0 radical (unpaired) electrons. The summed E-state index contributed by atoms with van der Waals surface area (Å²) < 4.78 is 2.36. The van der Waals surface area contributed by atoms with E-state index in [4.69, 9.17) is 15.0 Å². The van der Waals surface area contributed by atoms with Gasteiger partial charge in [0.15, 0.2) is 11.6 Å². The third-order valence-corrected chi connectivity index (χ3v) is 23.7. The molecule has 0 saturated carbocycles. The first-order chi connectivity index (χ1) is 53.5. The van der Waals surface area contributed by atoms with Crippen LogP contribution in [-0.4, -0.2) is 19.5 Å². The van der Waals surface area contributed by atoms with Crippen LogP contribution in [0.25, 0.3) is 151 Å². The number of nitrogens with zero attached hydrogens (tertiary/aromatic N) is 4. The number of allylic oxidation sites excluding steroid dienone is 8. The molecule has 4 aliphatic rings. The Morgan fingerprint density at radius 2 is 0.706 bits per heavy atom. The minimum absolute atomic E-state index is 0.204. The third-order valence-electron chi connectivity index (χ3n) is 23.7. The fourth-order valence-electron chi connectivity index (χ4n) is 18.0. The van der Waals surface area contributed by atoms with Crippen LogP contribution in [0.4, 0.5) is 0 Å². The summed E-state index contributed by atoms with van der Waals surface area (Å²) in [5, 5.41) is 2.33. The number of benzene rings is 14. The molecule has 16 aromatic rings. The highest BCUT2D eigenvalue weighted by Gasteiger charge is 2.41. The van der Waals surface area contributed by atoms with Crippen molar-refractivity contribution in [3.63, 3.8) is 0 Å². The van der Waals surface area contributed by atoms with Crippen molar-refractivity contribution in [3.05, 3.63) is 408 Å². The van der Waals surface area contributed by atoms with Crippen LogP contribution in [0.15, 0.2) is 364 Å². The largest absolute Gasteiger partial charge is 0.278 e. The Balaban J connectivity index is 0.722. The molecule has 2 aromatic heterocycles. The number of hydrogen-bond donors (Lipinski definition) is 0. The van der Waals surface area contributed by atoms with Crippen molar-refractivity contribution in [3.8, 4) is 107 Å². The minimum Gasteiger partial charge on any atom is -0.278 e. The van der Waals surface area contributed by atoms with Gasteiger partial charge in [-0.05, 0) is 231 Å². The third kappa shape index (κ3) is 11.7. The van der Waals surface area contributed by atoms with Crippen LogP contribution in [0.3, 0.4) is 0 Å². The fraction of sp³-hybridized carbons (Fsp3) is 0.0952. The summed E-state index contributed by atoms with van der Waals surface area (Å²) >= 11 is 0. The molecule has 0 amide bonds. The van der Waals surface area contributed by atoms with E-state index in [1.54, 1.807) is 0 Å². The van der Waals surface area contributed by atoms with E-state index >= 15 is 0 Å². The summed E-state index contributed by atoms with van der Waals surface area (Å²) in [6.07, 6.45) is 10.4. The van der Waals surface area contributed by atoms with Crippen molar-refractivity contribution in [1.29, 1.82) is 0 Å². The van der Waals surface area contributed by atoms with E-state index in [2.05, 4.69) is 378 Å². The van der Waals surface area contributed by atoms with Crippen molar-refractivity contribution < 1.29 is 0 Å². The molecule has 0 aliphatic heterocycles. The summed E-state index contributed by atoms with van der Waals surface area (Å²) in [5.41, 5.74) is 37.3. The maximum absolute atomic E-state index is 5.52. The maximum atomic E-state index is 5.52. The van der Waals surface area contributed by atoms with Gasteiger partial charge in [0.25, 0.3) is 0 Å². The van der Waals surface area contributed by atoms with Crippen LogP contribution >= 0.6 is 0 Å².